The van der Waals surface area contributed by atoms with Gasteiger partial charge in [0.05, 0.1) is 12.6 Å². The van der Waals surface area contributed by atoms with Crippen molar-refractivity contribution in [3.05, 3.63) is 24.3 Å². The molecular formula is C13H18N2O4. The predicted molar refractivity (Wildman–Crippen MR) is 69.2 cm³/mol. The van der Waals surface area contributed by atoms with Crippen LogP contribution >= 0.6 is 0 Å². The molecular weight excluding hydrogens is 248 g/mol. The van der Waals surface area contributed by atoms with Gasteiger partial charge in [-0.1, -0.05) is 12.1 Å². The van der Waals surface area contributed by atoms with E-state index in [1.165, 1.54) is 0 Å². The second kappa shape index (κ2) is 6.40. The van der Waals surface area contributed by atoms with Gasteiger partial charge in [0.15, 0.2) is 11.5 Å². The maximum Gasteiger partial charge on any atom is 0.265 e. The number of nitrogens with two attached hydrogens (primary N) is 1. The molecule has 0 aromatic heterocycles. The number of methoxy groups -OCH3 is 1. The van der Waals surface area contributed by atoms with Gasteiger partial charge in [-0.25, -0.2) is 0 Å². The first-order valence-electron chi connectivity index (χ1n) is 6.12. The third-order valence-corrected chi connectivity index (χ3v) is 2.80. The van der Waals surface area contributed by atoms with E-state index in [0.717, 1.165) is 0 Å². The minimum absolute atomic E-state index is 0.188. The third-order valence-electron chi connectivity index (χ3n) is 2.80. The van der Waals surface area contributed by atoms with Crippen LogP contribution in [0.4, 0.5) is 0 Å². The number of benzene rings is 1. The summed E-state index contributed by atoms with van der Waals surface area (Å²) in [6.07, 6.45) is -0.666. The Kier molecular flexibility index (Phi) is 4.59. The molecule has 0 saturated heterocycles. The highest BCUT2D eigenvalue weighted by atomic mass is 16.6. The topological polar surface area (TPSA) is 82.8 Å². The summed E-state index contributed by atoms with van der Waals surface area (Å²) in [6.45, 7) is 0.864. The van der Waals surface area contributed by atoms with Crippen LogP contribution in [0.15, 0.2) is 24.3 Å². The molecule has 3 N–H and O–H groups in total. The van der Waals surface area contributed by atoms with E-state index in [9.17, 15) is 4.79 Å². The zero-order valence-electron chi connectivity index (χ0n) is 10.8. The fourth-order valence-electron chi connectivity index (χ4n) is 1.81. The van der Waals surface area contributed by atoms with Crippen LogP contribution < -0.4 is 20.5 Å². The molecule has 2 atom stereocenters. The van der Waals surface area contributed by atoms with Gasteiger partial charge in [-0.2, -0.15) is 0 Å². The van der Waals surface area contributed by atoms with Gasteiger partial charge in [0.25, 0.3) is 5.91 Å². The summed E-state index contributed by atoms with van der Waals surface area (Å²) in [5.41, 5.74) is 5.55. The lowest BCUT2D eigenvalue weighted by molar-refractivity contribution is -0.131. The number of hydrogen-bond acceptors (Lipinski definition) is 5. The Morgan fingerprint density at radius 3 is 2.95 bits per heavy atom. The zero-order chi connectivity index (χ0) is 13.7. The van der Waals surface area contributed by atoms with Gasteiger partial charge in [-0.05, 0) is 12.1 Å². The molecule has 0 radical (unpaired) electrons. The fourth-order valence-corrected chi connectivity index (χ4v) is 1.81. The normalized spacial score (nSPS) is 18.7. The predicted octanol–water partition coefficient (Wildman–Crippen LogP) is -0.0837. The number of fused-ring (bicyclic) bond motifs is 1. The molecule has 0 aliphatic carbocycles. The zero-order valence-corrected chi connectivity index (χ0v) is 10.8. The number of rotatable bonds is 5. The van der Waals surface area contributed by atoms with E-state index in [1.54, 1.807) is 19.2 Å². The van der Waals surface area contributed by atoms with Crippen LogP contribution in [0.2, 0.25) is 0 Å². The SMILES string of the molecule is COCC(CN)NC(=O)C1COc2ccccc2O1. The van der Waals surface area contributed by atoms with Crippen molar-refractivity contribution < 1.29 is 19.0 Å². The van der Waals surface area contributed by atoms with Crippen LogP contribution in [-0.4, -0.2) is 44.9 Å². The number of para-hydroxylation sites is 2. The molecule has 19 heavy (non-hydrogen) atoms. The van der Waals surface area contributed by atoms with E-state index in [0.29, 0.717) is 24.7 Å². The van der Waals surface area contributed by atoms with Gasteiger partial charge in [0.1, 0.15) is 6.61 Å². The van der Waals surface area contributed by atoms with Gasteiger partial charge in [-0.15, -0.1) is 0 Å². The van der Waals surface area contributed by atoms with Crippen LogP contribution in [-0.2, 0) is 9.53 Å². The van der Waals surface area contributed by atoms with E-state index in [2.05, 4.69) is 5.32 Å². The average Bonchev–Trinajstić information content (AvgIpc) is 2.46. The third kappa shape index (κ3) is 3.36. The van der Waals surface area contributed by atoms with Gasteiger partial charge in [0, 0.05) is 13.7 Å². The average molecular weight is 266 g/mol. The van der Waals surface area contributed by atoms with E-state index < -0.39 is 6.10 Å². The van der Waals surface area contributed by atoms with E-state index >= 15 is 0 Å². The van der Waals surface area contributed by atoms with Crippen molar-refractivity contribution in [3.63, 3.8) is 0 Å². The summed E-state index contributed by atoms with van der Waals surface area (Å²) in [5, 5.41) is 2.77. The van der Waals surface area contributed by atoms with E-state index in [1.807, 2.05) is 12.1 Å². The number of hydrogen-bond donors (Lipinski definition) is 2. The molecule has 2 rings (SSSR count). The first-order valence-corrected chi connectivity index (χ1v) is 6.12. The molecule has 0 spiro atoms. The Morgan fingerprint density at radius 1 is 1.53 bits per heavy atom. The quantitative estimate of drug-likeness (QED) is 0.778. The second-order valence-corrected chi connectivity index (χ2v) is 4.26. The first-order chi connectivity index (χ1) is 9.24. The van der Waals surface area contributed by atoms with Crippen molar-refractivity contribution in [2.24, 2.45) is 5.73 Å². The molecule has 6 nitrogen and oxygen atoms in total. The highest BCUT2D eigenvalue weighted by Gasteiger charge is 2.28. The smallest absolute Gasteiger partial charge is 0.265 e. The van der Waals surface area contributed by atoms with Crippen molar-refractivity contribution in [2.75, 3.05) is 26.9 Å². The summed E-state index contributed by atoms with van der Waals surface area (Å²) in [7, 11) is 1.56. The Labute approximate surface area is 111 Å². The van der Waals surface area contributed by atoms with Crippen molar-refractivity contribution in [1.29, 1.82) is 0 Å². The maximum absolute atomic E-state index is 12.0. The van der Waals surface area contributed by atoms with Gasteiger partial charge >= 0.3 is 0 Å². The molecule has 1 aliphatic heterocycles. The Morgan fingerprint density at radius 2 is 2.26 bits per heavy atom. The summed E-state index contributed by atoms with van der Waals surface area (Å²) >= 11 is 0. The second-order valence-electron chi connectivity index (χ2n) is 4.26. The fraction of sp³-hybridized carbons (Fsp3) is 0.462. The lowest BCUT2D eigenvalue weighted by Gasteiger charge is -2.27. The van der Waals surface area contributed by atoms with Gasteiger partial charge in [-0.3, -0.25) is 4.79 Å². The molecule has 1 amide bonds. The van der Waals surface area contributed by atoms with Crippen molar-refractivity contribution in [1.82, 2.24) is 5.32 Å². The first kappa shape index (κ1) is 13.6. The minimum Gasteiger partial charge on any atom is -0.485 e. The number of ether oxygens (including phenoxy) is 3. The lowest BCUT2D eigenvalue weighted by Crippen LogP contribution is -2.51. The van der Waals surface area contributed by atoms with Crippen LogP contribution in [0.25, 0.3) is 0 Å². The summed E-state index contributed by atoms with van der Waals surface area (Å²) < 4.78 is 16.1. The summed E-state index contributed by atoms with van der Waals surface area (Å²) in [6, 6.07) is 7.03. The molecule has 104 valence electrons. The maximum atomic E-state index is 12.0. The largest absolute Gasteiger partial charge is 0.485 e. The standard InChI is InChI=1S/C13H18N2O4/c1-17-7-9(6-14)15-13(16)12-8-18-10-4-2-3-5-11(10)19-12/h2-5,9,12H,6-8,14H2,1H3,(H,15,16). The lowest BCUT2D eigenvalue weighted by atomic mass is 10.2. The van der Waals surface area contributed by atoms with Crippen molar-refractivity contribution >= 4 is 5.91 Å². The summed E-state index contributed by atoms with van der Waals surface area (Å²) in [5.74, 6) is 0.978. The van der Waals surface area contributed by atoms with Crippen LogP contribution in [0.3, 0.4) is 0 Å². The molecule has 0 fully saturated rings. The molecule has 1 aliphatic rings. The van der Waals surface area contributed by atoms with Crippen molar-refractivity contribution in [2.45, 2.75) is 12.1 Å². The minimum atomic E-state index is -0.666. The number of carbonyl (C=O) groups excluding carboxylic acids is 1. The number of amides is 1. The summed E-state index contributed by atoms with van der Waals surface area (Å²) in [4.78, 5) is 12.0. The van der Waals surface area contributed by atoms with Crippen LogP contribution in [0.1, 0.15) is 0 Å². The van der Waals surface area contributed by atoms with Crippen LogP contribution in [0, 0.1) is 0 Å². The number of carbonyl (C=O) groups is 1. The van der Waals surface area contributed by atoms with Gasteiger partial charge in [0.2, 0.25) is 6.10 Å². The molecule has 2 unspecified atom stereocenters. The highest BCUT2D eigenvalue weighted by molar-refractivity contribution is 5.82. The van der Waals surface area contributed by atoms with E-state index in [-0.39, 0.29) is 18.6 Å². The monoisotopic (exact) mass is 266 g/mol. The highest BCUT2D eigenvalue weighted by Crippen LogP contribution is 2.30. The molecule has 1 heterocycles. The Bertz CT molecular complexity index is 438. The number of nitrogens with one attached hydrogen (secondary N) is 1. The molecule has 1 aromatic carbocycles. The van der Waals surface area contributed by atoms with Crippen LogP contribution in [0.5, 0.6) is 11.5 Å². The van der Waals surface area contributed by atoms with Gasteiger partial charge < -0.3 is 25.3 Å². The molecule has 0 saturated carbocycles. The molecule has 1 aromatic rings. The van der Waals surface area contributed by atoms with Crippen molar-refractivity contribution in [3.8, 4) is 11.5 Å². The molecule has 6 heteroatoms. The Hall–Kier alpha value is -1.79. The Balaban J connectivity index is 1.95. The molecule has 0 bridgehead atoms. The van der Waals surface area contributed by atoms with E-state index in [4.69, 9.17) is 19.9 Å².